The van der Waals surface area contributed by atoms with E-state index in [4.69, 9.17) is 41.5 Å². The van der Waals surface area contributed by atoms with Gasteiger partial charge in [-0.15, -0.1) is 0 Å². The van der Waals surface area contributed by atoms with Crippen molar-refractivity contribution in [3.63, 3.8) is 0 Å². The Hall–Kier alpha value is -3.97. The molecule has 40 heavy (non-hydrogen) atoms. The van der Waals surface area contributed by atoms with Crippen LogP contribution in [-0.4, -0.2) is 78.4 Å². The zero-order valence-corrected chi connectivity index (χ0v) is 22.2. The van der Waals surface area contributed by atoms with Crippen LogP contribution in [0.15, 0.2) is 48.7 Å². The Labute approximate surface area is 234 Å². The zero-order valence-electron chi connectivity index (χ0n) is 21.5. The van der Waals surface area contributed by atoms with Crippen molar-refractivity contribution in [1.82, 2.24) is 9.88 Å². The molecule has 0 amide bonds. The van der Waals surface area contributed by atoms with E-state index >= 15 is 0 Å². The molecule has 4 rings (SSSR count). The van der Waals surface area contributed by atoms with Gasteiger partial charge in [-0.3, -0.25) is 19.5 Å². The van der Waals surface area contributed by atoms with E-state index in [9.17, 15) is 19.5 Å². The maximum Gasteiger partial charge on any atom is 0.336 e. The molecule has 0 bridgehead atoms. The quantitative estimate of drug-likeness (QED) is 0.225. The summed E-state index contributed by atoms with van der Waals surface area (Å²) in [6, 6.07) is 13.7. The van der Waals surface area contributed by atoms with Crippen molar-refractivity contribution in [1.29, 1.82) is 0 Å². The predicted molar refractivity (Wildman–Crippen MR) is 142 cm³/mol. The van der Waals surface area contributed by atoms with Crippen molar-refractivity contribution >= 4 is 40.4 Å². The molecular weight excluding hydrogens is 548 g/mol. The molecule has 2 heterocycles. The summed E-state index contributed by atoms with van der Waals surface area (Å²) < 4.78 is 10.9. The van der Waals surface area contributed by atoms with Crippen molar-refractivity contribution in [3.05, 3.63) is 64.8 Å². The van der Waals surface area contributed by atoms with E-state index < -0.39 is 42.5 Å². The number of benzene rings is 2. The lowest BCUT2D eigenvalue weighted by Gasteiger charge is -2.24. The van der Waals surface area contributed by atoms with Crippen LogP contribution in [0.3, 0.4) is 0 Å². The second kappa shape index (κ2) is 13.4. The third-order valence-electron chi connectivity index (χ3n) is 5.84. The molecule has 3 aromatic rings. The second-order valence-corrected chi connectivity index (χ2v) is 9.75. The van der Waals surface area contributed by atoms with Crippen LogP contribution < -0.4 is 9.47 Å². The molecule has 5 N–H and O–H groups in total. The largest absolute Gasteiger partial charge is 0.481 e. The van der Waals surface area contributed by atoms with Gasteiger partial charge < -0.3 is 35.0 Å². The summed E-state index contributed by atoms with van der Waals surface area (Å²) in [7, 11) is 0. The number of nitrogens with zero attached hydrogens (tertiary/aromatic N) is 2. The normalized spacial score (nSPS) is 13.0. The Balaban J connectivity index is 0.000000289. The number of halogens is 1. The van der Waals surface area contributed by atoms with Crippen molar-refractivity contribution in [2.24, 2.45) is 0 Å². The summed E-state index contributed by atoms with van der Waals surface area (Å²) in [6.07, 6.45) is -0.911. The first kappa shape index (κ1) is 30.6. The van der Waals surface area contributed by atoms with Crippen LogP contribution in [0.4, 0.5) is 0 Å². The number of hydrogen-bond acceptors (Lipinski definition) is 9. The lowest BCUT2D eigenvalue weighted by atomic mass is 9.96. The van der Waals surface area contributed by atoms with Gasteiger partial charge in [0.05, 0.1) is 24.5 Å². The molecule has 0 fully saturated rings. The molecule has 0 radical (unpaired) electrons. The molecule has 0 aliphatic carbocycles. The number of fused-ring (bicyclic) bond motifs is 2. The van der Waals surface area contributed by atoms with Crippen molar-refractivity contribution in [2.75, 3.05) is 13.3 Å². The Morgan fingerprint density at radius 2 is 1.68 bits per heavy atom. The van der Waals surface area contributed by atoms with Crippen molar-refractivity contribution in [3.8, 4) is 11.5 Å². The number of carboxylic acids is 3. The summed E-state index contributed by atoms with van der Waals surface area (Å²) >= 11 is 6.19. The predicted octanol–water partition coefficient (Wildman–Crippen LogP) is 2.75. The van der Waals surface area contributed by atoms with Gasteiger partial charge in [0.25, 0.3) is 0 Å². The number of aliphatic hydroxyl groups excluding tert-OH is 1. The van der Waals surface area contributed by atoms with Crippen LogP contribution in [0.1, 0.15) is 30.9 Å². The molecule has 0 saturated carbocycles. The number of hydrogen-bond donors (Lipinski definition) is 5. The van der Waals surface area contributed by atoms with E-state index in [0.29, 0.717) is 24.7 Å². The van der Waals surface area contributed by atoms with Crippen LogP contribution in [0.5, 0.6) is 11.5 Å². The number of pyridine rings is 1. The molecule has 0 saturated heterocycles. The number of aliphatic hydroxyl groups is 2. The van der Waals surface area contributed by atoms with E-state index in [0.717, 1.165) is 33.5 Å². The SMILES string of the molecule is CC(O)CN(Cc1ccc2c(c1)OCO2)Cc1ccnc2ccc(Cl)cc12.O=C(O)CC(O)(CC(=O)O)C(=O)O. The topological polar surface area (TPSA) is 187 Å². The monoisotopic (exact) mass is 576 g/mol. The molecule has 214 valence electrons. The van der Waals surface area contributed by atoms with E-state index in [-0.39, 0.29) is 6.79 Å². The van der Waals surface area contributed by atoms with Gasteiger partial charge in [-0.05, 0) is 54.4 Å². The third-order valence-corrected chi connectivity index (χ3v) is 6.07. The molecule has 12 nitrogen and oxygen atoms in total. The van der Waals surface area contributed by atoms with Crippen molar-refractivity contribution in [2.45, 2.75) is 44.6 Å². The highest BCUT2D eigenvalue weighted by atomic mass is 35.5. The van der Waals surface area contributed by atoms with Crippen LogP contribution >= 0.6 is 11.6 Å². The second-order valence-electron chi connectivity index (χ2n) is 9.32. The molecule has 13 heteroatoms. The minimum atomic E-state index is -2.74. The fourth-order valence-corrected chi connectivity index (χ4v) is 4.30. The fraction of sp³-hybridized carbons (Fsp3) is 0.333. The van der Waals surface area contributed by atoms with Gasteiger partial charge in [-0.25, -0.2) is 4.79 Å². The maximum atomic E-state index is 10.3. The minimum Gasteiger partial charge on any atom is -0.481 e. The maximum absolute atomic E-state index is 10.3. The molecule has 1 unspecified atom stereocenters. The zero-order chi connectivity index (χ0) is 29.4. The van der Waals surface area contributed by atoms with E-state index in [1.807, 2.05) is 48.7 Å². The molecule has 1 atom stereocenters. The van der Waals surface area contributed by atoms with Crippen LogP contribution in [0.25, 0.3) is 10.9 Å². The molecule has 1 aliphatic rings. The number of carboxylic acid groups (broad SMARTS) is 3. The fourth-order valence-electron chi connectivity index (χ4n) is 4.12. The van der Waals surface area contributed by atoms with Gasteiger partial charge in [0, 0.05) is 36.2 Å². The number of carbonyl (C=O) groups is 3. The van der Waals surface area contributed by atoms with Gasteiger partial charge in [0.1, 0.15) is 0 Å². The third kappa shape index (κ3) is 8.52. The first-order valence-electron chi connectivity index (χ1n) is 12.1. The highest BCUT2D eigenvalue weighted by Gasteiger charge is 2.40. The van der Waals surface area contributed by atoms with E-state index in [2.05, 4.69) is 9.88 Å². The number of rotatable bonds is 11. The molecule has 0 spiro atoms. The van der Waals surface area contributed by atoms with Gasteiger partial charge in [0.15, 0.2) is 17.1 Å². The lowest BCUT2D eigenvalue weighted by molar-refractivity contribution is -0.170. The van der Waals surface area contributed by atoms with E-state index in [1.54, 1.807) is 6.92 Å². The van der Waals surface area contributed by atoms with Gasteiger partial charge in [0.2, 0.25) is 6.79 Å². The number of ether oxygens (including phenoxy) is 2. The molecular formula is C27H29ClN2O10. The number of aliphatic carboxylic acids is 3. The van der Waals surface area contributed by atoms with Crippen LogP contribution in [0.2, 0.25) is 5.02 Å². The summed E-state index contributed by atoms with van der Waals surface area (Å²) in [5.41, 5.74) is 0.412. The molecule has 2 aromatic carbocycles. The van der Waals surface area contributed by atoms with Crippen LogP contribution in [0, 0.1) is 0 Å². The Bertz CT molecular complexity index is 1360. The first-order valence-corrected chi connectivity index (χ1v) is 12.5. The van der Waals surface area contributed by atoms with Gasteiger partial charge in [-0.2, -0.15) is 0 Å². The summed E-state index contributed by atoms with van der Waals surface area (Å²) in [5.74, 6) is -3.48. The highest BCUT2D eigenvalue weighted by Crippen LogP contribution is 2.33. The molecule has 1 aliphatic heterocycles. The highest BCUT2D eigenvalue weighted by molar-refractivity contribution is 6.31. The number of aromatic nitrogens is 1. The van der Waals surface area contributed by atoms with Crippen LogP contribution in [-0.2, 0) is 27.5 Å². The van der Waals surface area contributed by atoms with Gasteiger partial charge in [-0.1, -0.05) is 17.7 Å². The average molecular weight is 577 g/mol. The first-order chi connectivity index (χ1) is 18.9. The molecule has 1 aromatic heterocycles. The van der Waals surface area contributed by atoms with Gasteiger partial charge >= 0.3 is 17.9 Å². The average Bonchev–Trinajstić information content (AvgIpc) is 3.31. The summed E-state index contributed by atoms with van der Waals surface area (Å²) in [5, 5.41) is 45.5. The van der Waals surface area contributed by atoms with E-state index in [1.165, 1.54) is 0 Å². The van der Waals surface area contributed by atoms with Crippen molar-refractivity contribution < 1.29 is 49.4 Å². The summed E-state index contributed by atoms with van der Waals surface area (Å²) in [4.78, 5) is 37.1. The minimum absolute atomic E-state index is 0.264. The standard InChI is InChI=1S/C21H21ClN2O3.C6H8O7/c1-14(25)10-24(11-15-2-5-20-21(8-15)27-13-26-20)12-16-6-7-23-19-4-3-17(22)9-18(16)19;7-3(8)1-6(13,5(11)12)2-4(9)10/h2-9,14,25H,10-13H2,1H3;13H,1-2H2,(H,7,8)(H,9,10)(H,11,12). The lowest BCUT2D eigenvalue weighted by Crippen LogP contribution is -2.42. The summed E-state index contributed by atoms with van der Waals surface area (Å²) in [6.45, 7) is 3.98. The Morgan fingerprint density at radius 3 is 2.30 bits per heavy atom. The Morgan fingerprint density at radius 1 is 1.00 bits per heavy atom. The Kier molecular flexibility index (Phi) is 10.2. The smallest absolute Gasteiger partial charge is 0.336 e.